The second-order valence-corrected chi connectivity index (χ2v) is 4.93. The first kappa shape index (κ1) is 8.71. The highest BCUT2D eigenvalue weighted by molar-refractivity contribution is 7.10. The maximum Gasteiger partial charge on any atom is 0.0877 e. The van der Waals surface area contributed by atoms with Crippen LogP contribution in [0.2, 0.25) is 0 Å². The predicted octanol–water partition coefficient (Wildman–Crippen LogP) is 2.82. The van der Waals surface area contributed by atoms with Crippen molar-refractivity contribution in [1.29, 1.82) is 5.26 Å². The quantitative estimate of drug-likeness (QED) is 0.722. The third-order valence-corrected chi connectivity index (χ3v) is 3.57. The summed E-state index contributed by atoms with van der Waals surface area (Å²) in [6, 6.07) is 2.34. The van der Waals surface area contributed by atoms with Gasteiger partial charge in [-0.05, 0) is 26.7 Å². The highest BCUT2D eigenvalue weighted by Crippen LogP contribution is 2.44. The Labute approximate surface area is 82.2 Å². The molecule has 1 fully saturated rings. The van der Waals surface area contributed by atoms with E-state index in [2.05, 4.69) is 11.1 Å². The first-order valence-electron chi connectivity index (χ1n) is 4.50. The first-order valence-corrected chi connectivity index (χ1v) is 5.38. The smallest absolute Gasteiger partial charge is 0.0877 e. The van der Waals surface area contributed by atoms with Gasteiger partial charge in [0.2, 0.25) is 0 Å². The zero-order valence-corrected chi connectivity index (χ0v) is 8.69. The van der Waals surface area contributed by atoms with Crippen molar-refractivity contribution in [3.8, 4) is 6.07 Å². The summed E-state index contributed by atoms with van der Waals surface area (Å²) in [5.74, 6) is 0.647. The Morgan fingerprint density at radius 2 is 2.31 bits per heavy atom. The van der Waals surface area contributed by atoms with Crippen LogP contribution in [0, 0.1) is 11.3 Å². The van der Waals surface area contributed by atoms with E-state index in [1.807, 2.05) is 19.4 Å². The molecule has 1 heterocycles. The van der Waals surface area contributed by atoms with Gasteiger partial charge in [-0.2, -0.15) is 5.26 Å². The van der Waals surface area contributed by atoms with E-state index < -0.39 is 0 Å². The van der Waals surface area contributed by atoms with Crippen LogP contribution < -0.4 is 0 Å². The van der Waals surface area contributed by atoms with Gasteiger partial charge in [0, 0.05) is 10.8 Å². The van der Waals surface area contributed by atoms with Gasteiger partial charge in [0.25, 0.3) is 0 Å². The molecule has 0 amide bonds. The molecule has 0 aliphatic heterocycles. The average molecular weight is 192 g/mol. The van der Waals surface area contributed by atoms with E-state index in [9.17, 15) is 0 Å². The van der Waals surface area contributed by atoms with Crippen molar-refractivity contribution in [3.05, 3.63) is 16.1 Å². The van der Waals surface area contributed by atoms with Gasteiger partial charge in [-0.15, -0.1) is 11.3 Å². The van der Waals surface area contributed by atoms with Crippen molar-refractivity contribution >= 4 is 11.3 Å². The molecule has 0 saturated heterocycles. The standard InChI is InChI=1S/C10H12N2S/c1-10(2,5-11)9-8(7-3-4-7)12-6-13-9/h6-7H,3-4H2,1-2H3. The van der Waals surface area contributed by atoms with E-state index in [4.69, 9.17) is 5.26 Å². The lowest BCUT2D eigenvalue weighted by Gasteiger charge is -2.14. The normalized spacial score (nSPS) is 17.0. The molecule has 0 aromatic carbocycles. The first-order chi connectivity index (χ1) is 6.15. The molecule has 0 atom stereocenters. The monoisotopic (exact) mass is 192 g/mol. The summed E-state index contributed by atoms with van der Waals surface area (Å²) in [7, 11) is 0. The average Bonchev–Trinajstić information content (AvgIpc) is 2.83. The minimum atomic E-state index is -0.362. The summed E-state index contributed by atoms with van der Waals surface area (Å²) in [5.41, 5.74) is 2.68. The van der Waals surface area contributed by atoms with Gasteiger partial charge in [-0.25, -0.2) is 4.98 Å². The zero-order valence-electron chi connectivity index (χ0n) is 7.87. The highest BCUT2D eigenvalue weighted by Gasteiger charge is 2.34. The minimum absolute atomic E-state index is 0.362. The molecule has 2 rings (SSSR count). The molecule has 0 spiro atoms. The predicted molar refractivity (Wildman–Crippen MR) is 52.7 cm³/mol. The van der Waals surface area contributed by atoms with E-state index in [1.54, 1.807) is 11.3 Å². The Hall–Kier alpha value is -0.880. The zero-order chi connectivity index (χ0) is 9.47. The summed E-state index contributed by atoms with van der Waals surface area (Å²) in [5, 5.41) is 9.02. The molecule has 0 unspecified atom stereocenters. The van der Waals surface area contributed by atoms with Crippen molar-refractivity contribution in [2.45, 2.75) is 38.0 Å². The number of rotatable bonds is 2. The summed E-state index contributed by atoms with van der Waals surface area (Å²) in [6.45, 7) is 3.93. The number of nitrogens with zero attached hydrogens (tertiary/aromatic N) is 2. The SMILES string of the molecule is CC(C)(C#N)c1scnc1C1CC1. The van der Waals surface area contributed by atoms with Crippen LogP contribution in [0.25, 0.3) is 0 Å². The molecule has 1 saturated carbocycles. The molecule has 2 nitrogen and oxygen atoms in total. The van der Waals surface area contributed by atoms with Gasteiger partial charge in [-0.1, -0.05) is 0 Å². The third-order valence-electron chi connectivity index (χ3n) is 2.41. The Balaban J connectivity index is 2.40. The molecular formula is C10H12N2S. The molecule has 1 aromatic heterocycles. The van der Waals surface area contributed by atoms with Gasteiger partial charge in [-0.3, -0.25) is 0 Å². The van der Waals surface area contributed by atoms with Gasteiger partial charge >= 0.3 is 0 Å². The fourth-order valence-corrected chi connectivity index (χ4v) is 2.37. The van der Waals surface area contributed by atoms with Gasteiger partial charge < -0.3 is 0 Å². The van der Waals surface area contributed by atoms with Gasteiger partial charge in [0.1, 0.15) is 0 Å². The van der Waals surface area contributed by atoms with E-state index in [0.717, 1.165) is 4.88 Å². The molecule has 1 aliphatic rings. The second-order valence-electron chi connectivity index (χ2n) is 4.08. The van der Waals surface area contributed by atoms with Gasteiger partial charge in [0.15, 0.2) is 0 Å². The lowest BCUT2D eigenvalue weighted by molar-refractivity contribution is 0.688. The van der Waals surface area contributed by atoms with Crippen molar-refractivity contribution in [2.24, 2.45) is 0 Å². The fraction of sp³-hybridized carbons (Fsp3) is 0.600. The number of hydrogen-bond acceptors (Lipinski definition) is 3. The molecule has 13 heavy (non-hydrogen) atoms. The Kier molecular flexibility index (Phi) is 1.88. The van der Waals surface area contributed by atoms with Crippen LogP contribution in [0.4, 0.5) is 0 Å². The summed E-state index contributed by atoms with van der Waals surface area (Å²) in [4.78, 5) is 5.52. The Bertz CT molecular complexity index is 355. The van der Waals surface area contributed by atoms with E-state index in [1.165, 1.54) is 18.5 Å². The van der Waals surface area contributed by atoms with E-state index >= 15 is 0 Å². The van der Waals surface area contributed by atoms with E-state index in [-0.39, 0.29) is 5.41 Å². The van der Waals surface area contributed by atoms with Crippen molar-refractivity contribution in [1.82, 2.24) is 4.98 Å². The van der Waals surface area contributed by atoms with Crippen molar-refractivity contribution in [3.63, 3.8) is 0 Å². The topological polar surface area (TPSA) is 36.7 Å². The molecule has 0 bridgehead atoms. The summed E-state index contributed by atoms with van der Waals surface area (Å²) in [6.07, 6.45) is 2.50. The maximum atomic E-state index is 9.02. The lowest BCUT2D eigenvalue weighted by atomic mass is 9.91. The van der Waals surface area contributed by atoms with Crippen LogP contribution in [-0.4, -0.2) is 4.98 Å². The van der Waals surface area contributed by atoms with Crippen LogP contribution in [-0.2, 0) is 5.41 Å². The van der Waals surface area contributed by atoms with E-state index in [0.29, 0.717) is 5.92 Å². The van der Waals surface area contributed by atoms with Crippen LogP contribution >= 0.6 is 11.3 Å². The lowest BCUT2D eigenvalue weighted by Crippen LogP contribution is -2.14. The summed E-state index contributed by atoms with van der Waals surface area (Å²) >= 11 is 1.62. The number of aromatic nitrogens is 1. The van der Waals surface area contributed by atoms with Crippen molar-refractivity contribution < 1.29 is 0 Å². The Morgan fingerprint density at radius 3 is 2.85 bits per heavy atom. The number of thiazole rings is 1. The minimum Gasteiger partial charge on any atom is -0.249 e. The van der Waals surface area contributed by atoms with Crippen LogP contribution in [0.3, 0.4) is 0 Å². The van der Waals surface area contributed by atoms with Crippen LogP contribution in [0.15, 0.2) is 5.51 Å². The molecule has 0 radical (unpaired) electrons. The Morgan fingerprint density at radius 1 is 1.62 bits per heavy atom. The molecule has 68 valence electrons. The van der Waals surface area contributed by atoms with Crippen LogP contribution in [0.5, 0.6) is 0 Å². The second kappa shape index (κ2) is 2.81. The third kappa shape index (κ3) is 1.47. The molecule has 1 aromatic rings. The van der Waals surface area contributed by atoms with Crippen LogP contribution in [0.1, 0.15) is 43.2 Å². The highest BCUT2D eigenvalue weighted by atomic mass is 32.1. The maximum absolute atomic E-state index is 9.02. The molecule has 1 aliphatic carbocycles. The summed E-state index contributed by atoms with van der Waals surface area (Å²) < 4.78 is 0. The van der Waals surface area contributed by atoms with Crippen molar-refractivity contribution in [2.75, 3.05) is 0 Å². The molecular weight excluding hydrogens is 180 g/mol. The largest absolute Gasteiger partial charge is 0.249 e. The molecule has 0 N–H and O–H groups in total. The number of hydrogen-bond donors (Lipinski definition) is 0. The molecule has 3 heteroatoms. The fourth-order valence-electron chi connectivity index (χ4n) is 1.42. The van der Waals surface area contributed by atoms with Gasteiger partial charge in [0.05, 0.1) is 22.7 Å². The number of nitriles is 1.